The van der Waals surface area contributed by atoms with Gasteiger partial charge in [0.05, 0.1) is 11.7 Å². The Morgan fingerprint density at radius 1 is 1.39 bits per heavy atom. The maximum atomic E-state index is 13.4. The van der Waals surface area contributed by atoms with E-state index in [4.69, 9.17) is 0 Å². The van der Waals surface area contributed by atoms with Crippen LogP contribution < -0.4 is 5.32 Å². The fourth-order valence-corrected chi connectivity index (χ4v) is 1.95. The first-order chi connectivity index (χ1) is 8.52. The molecule has 0 radical (unpaired) electrons. The van der Waals surface area contributed by atoms with Gasteiger partial charge in [0.1, 0.15) is 5.82 Å². The van der Waals surface area contributed by atoms with Crippen molar-refractivity contribution in [3.8, 4) is 0 Å². The lowest BCUT2D eigenvalue weighted by Gasteiger charge is -2.24. The van der Waals surface area contributed by atoms with E-state index in [1.54, 1.807) is 12.3 Å². The zero-order valence-electron chi connectivity index (χ0n) is 11.2. The average molecular weight is 249 g/mol. The first kappa shape index (κ1) is 13.0. The first-order valence-corrected chi connectivity index (χ1v) is 6.38. The molecule has 1 aromatic carbocycles. The lowest BCUT2D eigenvalue weighted by molar-refractivity contribution is 0.379. The van der Waals surface area contributed by atoms with E-state index in [1.165, 1.54) is 6.07 Å². The number of hydrogen-bond acceptors (Lipinski definition) is 2. The van der Waals surface area contributed by atoms with Crippen molar-refractivity contribution in [1.29, 1.82) is 0 Å². The van der Waals surface area contributed by atoms with Crippen molar-refractivity contribution in [2.24, 2.45) is 0 Å². The number of halogens is 1. The molecule has 0 unspecified atom stereocenters. The summed E-state index contributed by atoms with van der Waals surface area (Å²) in [6.45, 7) is 7.34. The van der Waals surface area contributed by atoms with Gasteiger partial charge >= 0.3 is 0 Å². The van der Waals surface area contributed by atoms with Crippen LogP contribution in [0, 0.1) is 5.82 Å². The van der Waals surface area contributed by atoms with Crippen molar-refractivity contribution in [2.75, 3.05) is 6.54 Å². The fourth-order valence-electron chi connectivity index (χ4n) is 1.95. The van der Waals surface area contributed by atoms with E-state index in [0.29, 0.717) is 0 Å². The van der Waals surface area contributed by atoms with Crippen molar-refractivity contribution in [2.45, 2.75) is 39.2 Å². The van der Waals surface area contributed by atoms with Crippen LogP contribution in [-0.4, -0.2) is 22.3 Å². The maximum absolute atomic E-state index is 13.4. The molecule has 0 saturated carbocycles. The molecule has 4 heteroatoms. The van der Waals surface area contributed by atoms with Crippen molar-refractivity contribution >= 4 is 10.9 Å². The highest BCUT2D eigenvalue weighted by Crippen LogP contribution is 2.19. The zero-order valence-corrected chi connectivity index (χ0v) is 11.2. The molecule has 0 amide bonds. The third-order valence-electron chi connectivity index (χ3n) is 3.49. The number of nitrogens with one attached hydrogen (secondary N) is 2. The minimum Gasteiger partial charge on any atom is -0.311 e. The number of hydrogen-bond donors (Lipinski definition) is 2. The second kappa shape index (κ2) is 5.06. The quantitative estimate of drug-likeness (QED) is 0.855. The molecule has 0 spiro atoms. The van der Waals surface area contributed by atoms with Crippen LogP contribution in [0.3, 0.4) is 0 Å². The van der Waals surface area contributed by atoms with E-state index in [0.717, 1.165) is 35.9 Å². The minimum absolute atomic E-state index is 0.128. The summed E-state index contributed by atoms with van der Waals surface area (Å²) in [6.07, 6.45) is 3.63. The third-order valence-corrected chi connectivity index (χ3v) is 3.49. The molecule has 2 N–H and O–H groups in total. The van der Waals surface area contributed by atoms with Gasteiger partial charge in [-0.2, -0.15) is 5.10 Å². The minimum atomic E-state index is -0.212. The molecule has 3 nitrogen and oxygen atoms in total. The van der Waals surface area contributed by atoms with E-state index in [9.17, 15) is 4.39 Å². The number of H-pyrrole nitrogens is 1. The van der Waals surface area contributed by atoms with Crippen LogP contribution in [0.5, 0.6) is 0 Å². The molecule has 0 fully saturated rings. The second-order valence-electron chi connectivity index (χ2n) is 5.31. The second-order valence-corrected chi connectivity index (χ2v) is 5.31. The van der Waals surface area contributed by atoms with Crippen LogP contribution in [0.4, 0.5) is 4.39 Å². The summed E-state index contributed by atoms with van der Waals surface area (Å²) in [5.74, 6) is -0.212. The Morgan fingerprint density at radius 2 is 2.17 bits per heavy atom. The van der Waals surface area contributed by atoms with Gasteiger partial charge in [0, 0.05) is 10.9 Å². The lowest BCUT2D eigenvalue weighted by Crippen LogP contribution is -2.39. The van der Waals surface area contributed by atoms with Crippen LogP contribution in [-0.2, 0) is 6.42 Å². The number of aromatic amines is 1. The molecule has 2 aromatic rings. The molecular formula is C14H20FN3. The highest BCUT2D eigenvalue weighted by molar-refractivity contribution is 5.81. The van der Waals surface area contributed by atoms with Gasteiger partial charge in [-0.3, -0.25) is 5.10 Å². The Kier molecular flexibility index (Phi) is 3.66. The highest BCUT2D eigenvalue weighted by atomic mass is 19.1. The molecule has 0 atom stereocenters. The van der Waals surface area contributed by atoms with Crippen molar-refractivity contribution in [3.05, 3.63) is 29.7 Å². The summed E-state index contributed by atoms with van der Waals surface area (Å²) in [7, 11) is 0. The Morgan fingerprint density at radius 3 is 2.89 bits per heavy atom. The average Bonchev–Trinajstić information content (AvgIpc) is 2.76. The van der Waals surface area contributed by atoms with Gasteiger partial charge < -0.3 is 5.32 Å². The van der Waals surface area contributed by atoms with E-state index in [1.807, 2.05) is 0 Å². The van der Waals surface area contributed by atoms with Crippen molar-refractivity contribution < 1.29 is 4.39 Å². The van der Waals surface area contributed by atoms with Gasteiger partial charge in [0.2, 0.25) is 0 Å². The Bertz CT molecular complexity index is 531. The standard InChI is InChI=1S/C14H20FN3/c1-4-14(2,3)16-6-5-10-7-11(15)8-13-12(10)9-17-18-13/h7-9,16H,4-6H2,1-3H3,(H,17,18). The Balaban J connectivity index is 2.10. The third kappa shape index (κ3) is 2.88. The fraction of sp³-hybridized carbons (Fsp3) is 0.500. The van der Waals surface area contributed by atoms with Gasteiger partial charge in [-0.15, -0.1) is 0 Å². The highest BCUT2D eigenvalue weighted by Gasteiger charge is 2.13. The largest absolute Gasteiger partial charge is 0.311 e. The SMILES string of the molecule is CCC(C)(C)NCCc1cc(F)cc2[nH]ncc12. The summed E-state index contributed by atoms with van der Waals surface area (Å²) in [5, 5.41) is 11.3. The topological polar surface area (TPSA) is 40.7 Å². The van der Waals surface area contributed by atoms with Crippen molar-refractivity contribution in [1.82, 2.24) is 15.5 Å². The molecule has 1 heterocycles. The molecule has 0 aliphatic heterocycles. The van der Waals surface area contributed by atoms with E-state index in [2.05, 4.69) is 36.3 Å². The molecule has 2 rings (SSSR count). The smallest absolute Gasteiger partial charge is 0.125 e. The van der Waals surface area contributed by atoms with E-state index in [-0.39, 0.29) is 11.4 Å². The maximum Gasteiger partial charge on any atom is 0.125 e. The van der Waals surface area contributed by atoms with E-state index >= 15 is 0 Å². The van der Waals surface area contributed by atoms with Gasteiger partial charge in [-0.25, -0.2) is 4.39 Å². The number of rotatable bonds is 5. The summed E-state index contributed by atoms with van der Waals surface area (Å²) in [4.78, 5) is 0. The van der Waals surface area contributed by atoms with Crippen LogP contribution in [0.2, 0.25) is 0 Å². The molecule has 1 aromatic heterocycles. The van der Waals surface area contributed by atoms with Gasteiger partial charge in [0.25, 0.3) is 0 Å². The number of aromatic nitrogens is 2. The van der Waals surface area contributed by atoms with Crippen LogP contribution in [0.15, 0.2) is 18.3 Å². The molecule has 18 heavy (non-hydrogen) atoms. The normalized spacial score (nSPS) is 12.2. The number of fused-ring (bicyclic) bond motifs is 1. The monoisotopic (exact) mass is 249 g/mol. The number of nitrogens with zero attached hydrogens (tertiary/aromatic N) is 1. The van der Waals surface area contributed by atoms with Gasteiger partial charge in [-0.1, -0.05) is 6.92 Å². The number of benzene rings is 1. The van der Waals surface area contributed by atoms with Crippen LogP contribution in [0.25, 0.3) is 10.9 Å². The summed E-state index contributed by atoms with van der Waals surface area (Å²) < 4.78 is 13.4. The molecular weight excluding hydrogens is 229 g/mol. The summed E-state index contributed by atoms with van der Waals surface area (Å²) >= 11 is 0. The zero-order chi connectivity index (χ0) is 13.2. The Hall–Kier alpha value is -1.42. The molecule has 98 valence electrons. The summed E-state index contributed by atoms with van der Waals surface area (Å²) in [5.41, 5.74) is 1.89. The van der Waals surface area contributed by atoms with Gasteiger partial charge in [0.15, 0.2) is 0 Å². The molecule has 0 aliphatic rings. The van der Waals surface area contributed by atoms with Gasteiger partial charge in [-0.05, 0) is 50.9 Å². The first-order valence-electron chi connectivity index (χ1n) is 6.38. The van der Waals surface area contributed by atoms with Crippen LogP contribution in [0.1, 0.15) is 32.8 Å². The molecule has 0 saturated heterocycles. The predicted molar refractivity (Wildman–Crippen MR) is 72.1 cm³/mol. The van der Waals surface area contributed by atoms with E-state index < -0.39 is 0 Å². The Labute approximate surface area is 107 Å². The van der Waals surface area contributed by atoms with Crippen molar-refractivity contribution in [3.63, 3.8) is 0 Å². The summed E-state index contributed by atoms with van der Waals surface area (Å²) in [6, 6.07) is 3.08. The lowest BCUT2D eigenvalue weighted by atomic mass is 10.0. The molecule has 0 aliphatic carbocycles. The molecule has 0 bridgehead atoms. The predicted octanol–water partition coefficient (Wildman–Crippen LogP) is 3.02. The van der Waals surface area contributed by atoms with Crippen LogP contribution >= 0.6 is 0 Å².